The van der Waals surface area contributed by atoms with Crippen molar-refractivity contribution in [2.75, 3.05) is 19.6 Å². The summed E-state index contributed by atoms with van der Waals surface area (Å²) in [6.45, 7) is 5.18. The highest BCUT2D eigenvalue weighted by Crippen LogP contribution is 2.35. The van der Waals surface area contributed by atoms with Gasteiger partial charge in [0.15, 0.2) is 0 Å². The average molecular weight is 271 g/mol. The Balaban J connectivity index is 2.30. The molecule has 0 radical (unpaired) electrons. The van der Waals surface area contributed by atoms with Crippen LogP contribution in [0.4, 0.5) is 0 Å². The topological polar surface area (TPSA) is 47.1 Å². The summed E-state index contributed by atoms with van der Waals surface area (Å²) in [7, 11) is 1.98. The molecule has 2 rings (SSSR count). The Morgan fingerprint density at radius 1 is 1.56 bits per heavy atom. The number of nitrogens with two attached hydrogens (primary N) is 1. The second kappa shape index (κ2) is 6.04. The third-order valence-electron chi connectivity index (χ3n) is 3.91. The third kappa shape index (κ3) is 2.56. The van der Waals surface area contributed by atoms with Gasteiger partial charge in [-0.1, -0.05) is 18.5 Å². The van der Waals surface area contributed by atoms with E-state index < -0.39 is 0 Å². The molecule has 1 aromatic heterocycles. The van der Waals surface area contributed by atoms with Crippen molar-refractivity contribution >= 4 is 11.6 Å². The summed E-state index contributed by atoms with van der Waals surface area (Å²) in [6.07, 6.45) is 5.32. The number of rotatable bonds is 4. The van der Waals surface area contributed by atoms with Gasteiger partial charge in [0.25, 0.3) is 0 Å². The van der Waals surface area contributed by atoms with Crippen LogP contribution in [-0.2, 0) is 7.05 Å². The molecular weight excluding hydrogens is 248 g/mol. The lowest BCUT2D eigenvalue weighted by atomic mass is 9.88. The van der Waals surface area contributed by atoms with Gasteiger partial charge in [-0.05, 0) is 44.8 Å². The number of halogens is 1. The van der Waals surface area contributed by atoms with E-state index in [4.69, 9.17) is 17.3 Å². The van der Waals surface area contributed by atoms with E-state index in [0.717, 1.165) is 31.9 Å². The maximum absolute atomic E-state index is 6.11. The van der Waals surface area contributed by atoms with E-state index in [0.29, 0.717) is 17.1 Å². The normalized spacial score (nSPS) is 25.6. The highest BCUT2D eigenvalue weighted by molar-refractivity contribution is 6.29. The number of imidazole rings is 1. The lowest BCUT2D eigenvalue weighted by molar-refractivity contribution is 0.0878. The molecule has 0 bridgehead atoms. The first kappa shape index (κ1) is 13.8. The number of piperidine rings is 1. The molecule has 1 aliphatic heterocycles. The largest absolute Gasteiger partial charge is 0.330 e. The van der Waals surface area contributed by atoms with Gasteiger partial charge < -0.3 is 10.3 Å². The molecule has 0 aliphatic carbocycles. The fourth-order valence-corrected chi connectivity index (χ4v) is 3.12. The van der Waals surface area contributed by atoms with E-state index in [1.54, 1.807) is 6.20 Å². The molecule has 4 nitrogen and oxygen atoms in total. The fourth-order valence-electron chi connectivity index (χ4n) is 2.99. The zero-order valence-electron chi connectivity index (χ0n) is 11.3. The first-order valence-corrected chi connectivity index (χ1v) is 7.18. The Labute approximate surface area is 114 Å². The van der Waals surface area contributed by atoms with Gasteiger partial charge in [0.05, 0.1) is 12.2 Å². The fraction of sp³-hybridized carbons (Fsp3) is 0.769. The Morgan fingerprint density at radius 2 is 2.33 bits per heavy atom. The summed E-state index contributed by atoms with van der Waals surface area (Å²) in [5.74, 6) is 1.55. The lowest BCUT2D eigenvalue weighted by Gasteiger charge is -2.40. The molecule has 1 aliphatic rings. The highest BCUT2D eigenvalue weighted by atomic mass is 35.5. The van der Waals surface area contributed by atoms with Crippen molar-refractivity contribution in [1.82, 2.24) is 14.5 Å². The third-order valence-corrected chi connectivity index (χ3v) is 4.26. The van der Waals surface area contributed by atoms with Gasteiger partial charge in [0, 0.05) is 7.05 Å². The summed E-state index contributed by atoms with van der Waals surface area (Å²) in [5.41, 5.74) is 5.95. The van der Waals surface area contributed by atoms with E-state index >= 15 is 0 Å². The lowest BCUT2D eigenvalue weighted by Crippen LogP contribution is -2.43. The summed E-state index contributed by atoms with van der Waals surface area (Å²) in [6, 6.07) is 0.321. The first-order chi connectivity index (χ1) is 8.69. The smallest absolute Gasteiger partial charge is 0.128 e. The molecule has 1 aromatic rings. The second-order valence-electron chi connectivity index (χ2n) is 5.12. The Hall–Kier alpha value is -0.580. The molecule has 2 atom stereocenters. The minimum atomic E-state index is 0.321. The average Bonchev–Trinajstić information content (AvgIpc) is 2.70. The number of aromatic nitrogens is 2. The molecule has 102 valence electrons. The van der Waals surface area contributed by atoms with Crippen molar-refractivity contribution in [2.45, 2.75) is 32.2 Å². The molecule has 2 N–H and O–H groups in total. The summed E-state index contributed by atoms with van der Waals surface area (Å²) < 4.78 is 1.99. The van der Waals surface area contributed by atoms with Crippen LogP contribution in [0.1, 0.15) is 38.1 Å². The molecule has 5 heteroatoms. The number of hydrogen-bond acceptors (Lipinski definition) is 3. The van der Waals surface area contributed by atoms with Crippen LogP contribution in [0.5, 0.6) is 0 Å². The molecule has 1 fully saturated rings. The summed E-state index contributed by atoms with van der Waals surface area (Å²) in [4.78, 5) is 7.02. The van der Waals surface area contributed by atoms with Crippen LogP contribution in [0, 0.1) is 5.92 Å². The van der Waals surface area contributed by atoms with Crippen molar-refractivity contribution in [3.05, 3.63) is 17.2 Å². The molecule has 0 saturated carbocycles. The van der Waals surface area contributed by atoms with Crippen LogP contribution in [-0.4, -0.2) is 34.1 Å². The maximum Gasteiger partial charge on any atom is 0.128 e. The van der Waals surface area contributed by atoms with Gasteiger partial charge in [0.1, 0.15) is 11.0 Å². The standard InChI is InChI=1S/C13H23ClN4/c1-3-6-18-7-4-5-10(8-15)12(18)13-16-9-11(14)17(13)2/h9-10,12H,3-8,15H2,1-2H3. The minimum absolute atomic E-state index is 0.321. The monoisotopic (exact) mass is 270 g/mol. The summed E-state index contributed by atoms with van der Waals surface area (Å²) >= 11 is 6.11. The van der Waals surface area contributed by atoms with Gasteiger partial charge >= 0.3 is 0 Å². The van der Waals surface area contributed by atoms with E-state index in [1.165, 1.54) is 12.8 Å². The van der Waals surface area contributed by atoms with E-state index in [2.05, 4.69) is 16.8 Å². The Kier molecular flexibility index (Phi) is 4.65. The zero-order valence-corrected chi connectivity index (χ0v) is 12.0. The Bertz CT molecular complexity index is 388. The molecule has 18 heavy (non-hydrogen) atoms. The number of nitrogens with zero attached hydrogens (tertiary/aromatic N) is 3. The Morgan fingerprint density at radius 3 is 2.89 bits per heavy atom. The van der Waals surface area contributed by atoms with Crippen LogP contribution >= 0.6 is 11.6 Å². The van der Waals surface area contributed by atoms with Crippen LogP contribution in [0.25, 0.3) is 0 Å². The van der Waals surface area contributed by atoms with Crippen molar-refractivity contribution < 1.29 is 0 Å². The quantitative estimate of drug-likeness (QED) is 0.912. The van der Waals surface area contributed by atoms with Crippen LogP contribution in [0.15, 0.2) is 6.20 Å². The SMILES string of the molecule is CCCN1CCCC(CN)C1c1ncc(Cl)n1C. The van der Waals surface area contributed by atoms with Gasteiger partial charge in [-0.3, -0.25) is 4.90 Å². The first-order valence-electron chi connectivity index (χ1n) is 6.80. The number of likely N-dealkylation sites (tertiary alicyclic amines) is 1. The van der Waals surface area contributed by atoms with Crippen LogP contribution in [0.2, 0.25) is 5.15 Å². The molecule has 0 spiro atoms. The van der Waals surface area contributed by atoms with Crippen LogP contribution in [0.3, 0.4) is 0 Å². The van der Waals surface area contributed by atoms with Crippen molar-refractivity contribution in [1.29, 1.82) is 0 Å². The molecule has 2 heterocycles. The van der Waals surface area contributed by atoms with Crippen LogP contribution < -0.4 is 5.73 Å². The van der Waals surface area contributed by atoms with Gasteiger partial charge in [-0.25, -0.2) is 4.98 Å². The second-order valence-corrected chi connectivity index (χ2v) is 5.50. The highest BCUT2D eigenvalue weighted by Gasteiger charge is 2.34. The minimum Gasteiger partial charge on any atom is -0.330 e. The number of hydrogen-bond donors (Lipinski definition) is 1. The predicted molar refractivity (Wildman–Crippen MR) is 74.6 cm³/mol. The molecule has 2 unspecified atom stereocenters. The summed E-state index contributed by atoms with van der Waals surface area (Å²) in [5, 5.41) is 0.697. The van der Waals surface area contributed by atoms with Gasteiger partial charge in [-0.2, -0.15) is 0 Å². The van der Waals surface area contributed by atoms with Gasteiger partial charge in [0.2, 0.25) is 0 Å². The molecule has 0 amide bonds. The molecule has 1 saturated heterocycles. The van der Waals surface area contributed by atoms with Crippen molar-refractivity contribution in [2.24, 2.45) is 18.7 Å². The molecule has 0 aromatic carbocycles. The maximum atomic E-state index is 6.11. The van der Waals surface area contributed by atoms with Crippen molar-refractivity contribution in [3.63, 3.8) is 0 Å². The van der Waals surface area contributed by atoms with Gasteiger partial charge in [-0.15, -0.1) is 0 Å². The zero-order chi connectivity index (χ0) is 13.1. The van der Waals surface area contributed by atoms with Crippen molar-refractivity contribution in [3.8, 4) is 0 Å². The van der Waals surface area contributed by atoms with E-state index in [9.17, 15) is 0 Å². The van der Waals surface area contributed by atoms with E-state index in [1.807, 2.05) is 11.6 Å². The predicted octanol–water partition coefficient (Wildman–Crippen LogP) is 2.20. The molecular formula is C13H23ClN4. The van der Waals surface area contributed by atoms with E-state index in [-0.39, 0.29) is 0 Å².